The molecule has 1 saturated heterocycles. The lowest BCUT2D eigenvalue weighted by Crippen LogP contribution is -2.49. The normalized spacial score (nSPS) is 23.3. The van der Waals surface area contributed by atoms with Gasteiger partial charge >= 0.3 is 5.97 Å². The molecule has 1 atom stereocenters. The third kappa shape index (κ3) is 3.04. The first-order valence-corrected chi connectivity index (χ1v) is 6.45. The highest BCUT2D eigenvalue weighted by atomic mass is 19.1. The molecule has 1 aromatic carbocycles. The van der Waals surface area contributed by atoms with E-state index < -0.39 is 5.54 Å². The lowest BCUT2D eigenvalue weighted by molar-refractivity contribution is -0.148. The van der Waals surface area contributed by atoms with Gasteiger partial charge in [0.15, 0.2) is 0 Å². The number of likely N-dealkylation sites (tertiary alicyclic amines) is 1. The molecule has 19 heavy (non-hydrogen) atoms. The third-order valence-electron chi connectivity index (χ3n) is 3.35. The van der Waals surface area contributed by atoms with Crippen molar-refractivity contribution in [2.24, 2.45) is 0 Å². The van der Waals surface area contributed by atoms with Crippen molar-refractivity contribution in [3.8, 4) is 0 Å². The quantitative estimate of drug-likeness (QED) is 0.845. The van der Waals surface area contributed by atoms with E-state index in [0.717, 1.165) is 12.2 Å². The lowest BCUT2D eigenvalue weighted by Gasteiger charge is -2.29. The van der Waals surface area contributed by atoms with Gasteiger partial charge < -0.3 is 15.0 Å². The van der Waals surface area contributed by atoms with Gasteiger partial charge in [0.2, 0.25) is 0 Å². The van der Waals surface area contributed by atoms with E-state index in [-0.39, 0.29) is 11.8 Å². The number of carbonyl (C=O) groups is 1. The third-order valence-corrected chi connectivity index (χ3v) is 3.35. The van der Waals surface area contributed by atoms with Crippen molar-refractivity contribution in [1.29, 1.82) is 0 Å². The van der Waals surface area contributed by atoms with Crippen LogP contribution in [-0.4, -0.2) is 43.2 Å². The Kier molecular flexibility index (Phi) is 4.04. The summed E-state index contributed by atoms with van der Waals surface area (Å²) >= 11 is 0. The molecule has 1 fully saturated rings. The summed E-state index contributed by atoms with van der Waals surface area (Å²) in [5.41, 5.74) is -0.00692. The van der Waals surface area contributed by atoms with Crippen molar-refractivity contribution in [1.82, 2.24) is 4.90 Å². The van der Waals surface area contributed by atoms with E-state index in [1.165, 1.54) is 12.1 Å². The Balaban J connectivity index is 2.19. The number of hydrogen-bond donors (Lipinski definition) is 1. The SMILES string of the molecule is CCOC(=O)C1(Nc2ccc(F)cc2)CCN(C)C1. The van der Waals surface area contributed by atoms with Crippen molar-refractivity contribution >= 4 is 11.7 Å². The molecule has 0 radical (unpaired) electrons. The predicted octanol–water partition coefficient (Wildman–Crippen LogP) is 1.88. The highest BCUT2D eigenvalue weighted by molar-refractivity contribution is 5.85. The fourth-order valence-electron chi connectivity index (χ4n) is 2.40. The standard InChI is InChI=1S/C14H19FN2O2/c1-3-19-13(18)14(8-9-17(2)10-14)16-12-6-4-11(15)5-7-12/h4-7,16H,3,8-10H2,1-2H3. The van der Waals surface area contributed by atoms with Gasteiger partial charge in [-0.15, -0.1) is 0 Å². The Labute approximate surface area is 112 Å². The maximum absolute atomic E-state index is 12.9. The largest absolute Gasteiger partial charge is 0.464 e. The molecule has 1 aliphatic heterocycles. The average Bonchev–Trinajstić information content (AvgIpc) is 2.75. The van der Waals surface area contributed by atoms with Gasteiger partial charge in [-0.05, 0) is 44.7 Å². The second-order valence-electron chi connectivity index (χ2n) is 4.92. The van der Waals surface area contributed by atoms with Gasteiger partial charge in [0.05, 0.1) is 6.61 Å². The van der Waals surface area contributed by atoms with Crippen molar-refractivity contribution in [2.75, 3.05) is 32.1 Å². The molecule has 4 nitrogen and oxygen atoms in total. The topological polar surface area (TPSA) is 41.6 Å². The maximum atomic E-state index is 12.9. The zero-order chi connectivity index (χ0) is 13.9. The van der Waals surface area contributed by atoms with Gasteiger partial charge in [0.1, 0.15) is 11.4 Å². The van der Waals surface area contributed by atoms with Crippen molar-refractivity contribution in [2.45, 2.75) is 18.9 Å². The molecule has 0 spiro atoms. The molecule has 1 aromatic rings. The lowest BCUT2D eigenvalue weighted by atomic mass is 9.98. The number of ether oxygens (including phenoxy) is 1. The predicted molar refractivity (Wildman–Crippen MR) is 71.5 cm³/mol. The summed E-state index contributed by atoms with van der Waals surface area (Å²) in [6.45, 7) is 3.56. The van der Waals surface area contributed by atoms with Crippen LogP contribution >= 0.6 is 0 Å². The van der Waals surface area contributed by atoms with Crippen molar-refractivity contribution in [3.63, 3.8) is 0 Å². The number of likely N-dealkylation sites (N-methyl/N-ethyl adjacent to an activating group) is 1. The summed E-state index contributed by atoms with van der Waals surface area (Å²) in [6.07, 6.45) is 0.680. The van der Waals surface area contributed by atoms with E-state index in [0.29, 0.717) is 19.6 Å². The molecular weight excluding hydrogens is 247 g/mol. The molecule has 1 aliphatic rings. The molecule has 0 bridgehead atoms. The van der Waals surface area contributed by atoms with Crippen molar-refractivity contribution in [3.05, 3.63) is 30.1 Å². The van der Waals surface area contributed by atoms with Crippen LogP contribution in [0.25, 0.3) is 0 Å². The number of benzene rings is 1. The first-order valence-electron chi connectivity index (χ1n) is 6.45. The summed E-state index contributed by atoms with van der Waals surface area (Å²) in [7, 11) is 1.97. The minimum absolute atomic E-state index is 0.247. The number of nitrogens with one attached hydrogen (secondary N) is 1. The molecule has 2 rings (SSSR count). The zero-order valence-electron chi connectivity index (χ0n) is 11.3. The minimum atomic E-state index is -0.734. The Hall–Kier alpha value is -1.62. The fourth-order valence-corrected chi connectivity index (χ4v) is 2.40. The van der Waals surface area contributed by atoms with Gasteiger partial charge in [-0.2, -0.15) is 0 Å². The molecule has 0 aromatic heterocycles. The number of nitrogens with zero attached hydrogens (tertiary/aromatic N) is 1. The number of halogens is 1. The van der Waals surface area contributed by atoms with E-state index >= 15 is 0 Å². The van der Waals surface area contributed by atoms with Crippen LogP contribution in [0, 0.1) is 5.82 Å². The van der Waals surface area contributed by atoms with Crippen LogP contribution in [0.1, 0.15) is 13.3 Å². The highest BCUT2D eigenvalue weighted by Crippen LogP contribution is 2.27. The Morgan fingerprint density at radius 2 is 2.16 bits per heavy atom. The van der Waals surface area contributed by atoms with Crippen LogP contribution in [0.15, 0.2) is 24.3 Å². The monoisotopic (exact) mass is 266 g/mol. The number of rotatable bonds is 4. The highest BCUT2D eigenvalue weighted by Gasteiger charge is 2.45. The van der Waals surface area contributed by atoms with Gasteiger partial charge in [-0.1, -0.05) is 0 Å². The minimum Gasteiger partial charge on any atom is -0.464 e. The Morgan fingerprint density at radius 1 is 1.47 bits per heavy atom. The molecule has 104 valence electrons. The van der Waals surface area contributed by atoms with Crippen molar-refractivity contribution < 1.29 is 13.9 Å². The van der Waals surface area contributed by atoms with Crippen LogP contribution in [0.2, 0.25) is 0 Å². The summed E-state index contributed by atoms with van der Waals surface area (Å²) in [5.74, 6) is -0.539. The molecule has 5 heteroatoms. The molecule has 0 aliphatic carbocycles. The first-order chi connectivity index (χ1) is 9.05. The Bertz CT molecular complexity index is 449. The number of esters is 1. The van der Waals surface area contributed by atoms with Gasteiger partial charge in [-0.3, -0.25) is 0 Å². The average molecular weight is 266 g/mol. The molecular formula is C14H19FN2O2. The number of hydrogen-bond acceptors (Lipinski definition) is 4. The van der Waals surface area contributed by atoms with Crippen LogP contribution in [-0.2, 0) is 9.53 Å². The van der Waals surface area contributed by atoms with E-state index in [2.05, 4.69) is 10.2 Å². The van der Waals surface area contributed by atoms with E-state index in [1.54, 1.807) is 19.1 Å². The number of anilines is 1. The first kappa shape index (κ1) is 13.8. The molecule has 1 unspecified atom stereocenters. The molecule has 0 amide bonds. The fraction of sp³-hybridized carbons (Fsp3) is 0.500. The van der Waals surface area contributed by atoms with Crippen LogP contribution in [0.4, 0.5) is 10.1 Å². The van der Waals surface area contributed by atoms with Crippen LogP contribution in [0.5, 0.6) is 0 Å². The second-order valence-corrected chi connectivity index (χ2v) is 4.92. The van der Waals surface area contributed by atoms with E-state index in [1.807, 2.05) is 7.05 Å². The summed E-state index contributed by atoms with van der Waals surface area (Å²) < 4.78 is 18.1. The molecule has 1 heterocycles. The zero-order valence-corrected chi connectivity index (χ0v) is 11.3. The van der Waals surface area contributed by atoms with Gasteiger partial charge in [-0.25, -0.2) is 9.18 Å². The van der Waals surface area contributed by atoms with Gasteiger partial charge in [0.25, 0.3) is 0 Å². The summed E-state index contributed by atoms with van der Waals surface area (Å²) in [4.78, 5) is 14.3. The van der Waals surface area contributed by atoms with E-state index in [4.69, 9.17) is 4.74 Å². The summed E-state index contributed by atoms with van der Waals surface area (Å²) in [6, 6.07) is 6.02. The number of carbonyl (C=O) groups excluding carboxylic acids is 1. The summed E-state index contributed by atoms with van der Waals surface area (Å²) in [5, 5.41) is 3.21. The Morgan fingerprint density at radius 3 is 2.68 bits per heavy atom. The molecule has 0 saturated carbocycles. The second kappa shape index (κ2) is 5.57. The van der Waals surface area contributed by atoms with Crippen LogP contribution < -0.4 is 5.32 Å². The maximum Gasteiger partial charge on any atom is 0.333 e. The van der Waals surface area contributed by atoms with E-state index in [9.17, 15) is 9.18 Å². The van der Waals surface area contributed by atoms with Crippen LogP contribution in [0.3, 0.4) is 0 Å². The van der Waals surface area contributed by atoms with Gasteiger partial charge in [0, 0.05) is 18.8 Å². The molecule has 1 N–H and O–H groups in total. The smallest absolute Gasteiger partial charge is 0.333 e.